The SMILES string of the molecule is C#C[C@]1(O)CCC2C3CC[C@H]4Cc5oc(S(C)(=O)=O)nc5C[C@]4(C)C3CC[C@@]21C. The van der Waals surface area contributed by atoms with E-state index in [4.69, 9.17) is 10.8 Å². The second-order valence-corrected chi connectivity index (χ2v) is 12.6. The molecule has 3 saturated carbocycles. The average Bonchev–Trinajstić information content (AvgIpc) is 3.18. The van der Waals surface area contributed by atoms with Gasteiger partial charge >= 0.3 is 5.22 Å². The molecule has 5 nitrogen and oxygen atoms in total. The summed E-state index contributed by atoms with van der Waals surface area (Å²) in [5.74, 6) is 5.61. The van der Waals surface area contributed by atoms with E-state index < -0.39 is 15.4 Å². The molecule has 0 spiro atoms. The highest BCUT2D eigenvalue weighted by molar-refractivity contribution is 7.90. The summed E-state index contributed by atoms with van der Waals surface area (Å²) in [5.41, 5.74) is -0.232. The normalized spacial score (nSPS) is 46.2. The van der Waals surface area contributed by atoms with Gasteiger partial charge in [-0.3, -0.25) is 0 Å². The van der Waals surface area contributed by atoms with Gasteiger partial charge in [-0.1, -0.05) is 19.8 Å². The van der Waals surface area contributed by atoms with Crippen LogP contribution in [0.4, 0.5) is 0 Å². The van der Waals surface area contributed by atoms with Crippen molar-refractivity contribution >= 4 is 9.84 Å². The molecule has 4 aliphatic rings. The van der Waals surface area contributed by atoms with Crippen molar-refractivity contribution in [2.24, 2.45) is 34.5 Å². The maximum atomic E-state index is 11.9. The van der Waals surface area contributed by atoms with E-state index in [2.05, 4.69) is 24.8 Å². The van der Waals surface area contributed by atoms with Crippen molar-refractivity contribution in [2.75, 3.05) is 6.26 Å². The molecule has 0 aliphatic heterocycles. The third-order valence-corrected chi connectivity index (χ3v) is 10.3. The number of oxazole rings is 1. The molecule has 3 fully saturated rings. The first-order chi connectivity index (χ1) is 13.5. The Hall–Kier alpha value is -1.32. The van der Waals surface area contributed by atoms with Crippen LogP contribution in [0.25, 0.3) is 0 Å². The van der Waals surface area contributed by atoms with E-state index in [1.807, 2.05) is 0 Å². The molecule has 0 aromatic carbocycles. The molecule has 1 aromatic rings. The van der Waals surface area contributed by atoms with Gasteiger partial charge in [-0.25, -0.2) is 13.4 Å². The molecular formula is C23H31NO4S. The first-order valence-electron chi connectivity index (χ1n) is 10.9. The van der Waals surface area contributed by atoms with Crippen molar-refractivity contribution in [3.63, 3.8) is 0 Å². The standard InChI is InChI=1S/C23H31NO4S/c1-5-23(25)11-9-17-15-7-6-14-12-19-18(24-20(28-19)29(4,26)27)13-21(14,2)16(15)8-10-22(17,23)3/h1,14-17,25H,6-13H2,2-4H3/t14-,15?,16?,17?,21-,22-,23-/m0/s1. The maximum absolute atomic E-state index is 11.9. The molecule has 7 atom stereocenters. The van der Waals surface area contributed by atoms with E-state index in [1.165, 1.54) is 0 Å². The number of hydrogen-bond donors (Lipinski definition) is 1. The van der Waals surface area contributed by atoms with Crippen LogP contribution in [0.3, 0.4) is 0 Å². The Morgan fingerprint density at radius 2 is 1.90 bits per heavy atom. The molecular weight excluding hydrogens is 386 g/mol. The molecule has 1 aromatic heterocycles. The predicted octanol–water partition coefficient (Wildman–Crippen LogP) is 3.40. The summed E-state index contributed by atoms with van der Waals surface area (Å²) in [5, 5.41) is 11.0. The number of aliphatic hydroxyl groups is 1. The summed E-state index contributed by atoms with van der Waals surface area (Å²) in [4.78, 5) is 4.39. The number of fused-ring (bicyclic) bond motifs is 6. The number of sulfone groups is 1. The molecule has 5 rings (SSSR count). The Balaban J connectivity index is 1.49. The van der Waals surface area contributed by atoms with Crippen LogP contribution in [0, 0.1) is 46.8 Å². The van der Waals surface area contributed by atoms with Crippen LogP contribution in [-0.4, -0.2) is 30.4 Å². The Morgan fingerprint density at radius 1 is 1.17 bits per heavy atom. The highest BCUT2D eigenvalue weighted by Crippen LogP contribution is 2.67. The van der Waals surface area contributed by atoms with Crippen LogP contribution in [0.15, 0.2) is 9.64 Å². The lowest BCUT2D eigenvalue weighted by Gasteiger charge is -2.60. The summed E-state index contributed by atoms with van der Waals surface area (Å²) < 4.78 is 29.5. The number of hydrogen-bond acceptors (Lipinski definition) is 5. The van der Waals surface area contributed by atoms with E-state index in [0.29, 0.717) is 30.1 Å². The molecule has 4 aliphatic carbocycles. The van der Waals surface area contributed by atoms with Crippen LogP contribution in [0.5, 0.6) is 0 Å². The van der Waals surface area contributed by atoms with Crippen molar-refractivity contribution in [3.8, 4) is 12.3 Å². The van der Waals surface area contributed by atoms with Gasteiger partial charge in [0.05, 0.1) is 5.69 Å². The van der Waals surface area contributed by atoms with Gasteiger partial charge in [-0.15, -0.1) is 6.42 Å². The Bertz CT molecular complexity index is 1010. The fraction of sp³-hybridized carbons (Fsp3) is 0.783. The van der Waals surface area contributed by atoms with E-state index in [1.54, 1.807) is 0 Å². The summed E-state index contributed by atoms with van der Waals surface area (Å²) in [7, 11) is -3.43. The third kappa shape index (κ3) is 2.50. The Labute approximate surface area is 173 Å². The maximum Gasteiger partial charge on any atom is 0.315 e. The van der Waals surface area contributed by atoms with Gasteiger partial charge in [0, 0.05) is 18.1 Å². The first-order valence-corrected chi connectivity index (χ1v) is 12.8. The third-order valence-electron chi connectivity index (χ3n) is 9.51. The monoisotopic (exact) mass is 417 g/mol. The molecule has 1 N–H and O–H groups in total. The zero-order valence-corrected chi connectivity index (χ0v) is 18.4. The number of rotatable bonds is 1. The molecule has 0 bridgehead atoms. The zero-order chi connectivity index (χ0) is 20.8. The van der Waals surface area contributed by atoms with Gasteiger partial charge in [-0.2, -0.15) is 0 Å². The second kappa shape index (κ2) is 5.88. The van der Waals surface area contributed by atoms with Crippen LogP contribution in [-0.2, 0) is 22.7 Å². The van der Waals surface area contributed by atoms with Crippen molar-refractivity contribution in [2.45, 2.75) is 76.0 Å². The van der Waals surface area contributed by atoms with Crippen LogP contribution < -0.4 is 0 Å². The van der Waals surface area contributed by atoms with Gasteiger partial charge in [-0.05, 0) is 74.0 Å². The van der Waals surface area contributed by atoms with E-state index in [9.17, 15) is 13.5 Å². The highest BCUT2D eigenvalue weighted by Gasteiger charge is 2.64. The largest absolute Gasteiger partial charge is 0.433 e. The Morgan fingerprint density at radius 3 is 2.59 bits per heavy atom. The van der Waals surface area contributed by atoms with Gasteiger partial charge in [0.2, 0.25) is 9.84 Å². The van der Waals surface area contributed by atoms with Gasteiger partial charge in [0.15, 0.2) is 0 Å². The molecule has 6 heteroatoms. The summed E-state index contributed by atoms with van der Waals surface area (Å²) in [6.07, 6.45) is 14.5. The van der Waals surface area contributed by atoms with Gasteiger partial charge < -0.3 is 9.52 Å². The zero-order valence-electron chi connectivity index (χ0n) is 17.6. The van der Waals surface area contributed by atoms with Crippen molar-refractivity contribution in [3.05, 3.63) is 11.5 Å². The highest BCUT2D eigenvalue weighted by atomic mass is 32.2. The Kier molecular flexibility index (Phi) is 3.98. The van der Waals surface area contributed by atoms with E-state index >= 15 is 0 Å². The van der Waals surface area contributed by atoms with E-state index in [-0.39, 0.29) is 16.1 Å². The summed E-state index contributed by atoms with van der Waals surface area (Å²) >= 11 is 0. The van der Waals surface area contributed by atoms with E-state index in [0.717, 1.165) is 62.7 Å². The van der Waals surface area contributed by atoms with Crippen LogP contribution in [0.1, 0.15) is 63.8 Å². The topological polar surface area (TPSA) is 80.4 Å². The number of aromatic nitrogens is 1. The van der Waals surface area contributed by atoms with Crippen molar-refractivity contribution in [1.82, 2.24) is 4.98 Å². The minimum absolute atomic E-state index is 0.0970. The fourth-order valence-electron chi connectivity index (χ4n) is 7.80. The number of nitrogens with zero attached hydrogens (tertiary/aromatic N) is 1. The molecule has 1 heterocycles. The predicted molar refractivity (Wildman–Crippen MR) is 109 cm³/mol. The second-order valence-electron chi connectivity index (χ2n) is 10.7. The lowest BCUT2D eigenvalue weighted by molar-refractivity contribution is -0.128. The summed E-state index contributed by atoms with van der Waals surface area (Å²) in [6.45, 7) is 4.60. The lowest BCUT2D eigenvalue weighted by Crippen LogP contribution is -2.56. The van der Waals surface area contributed by atoms with Gasteiger partial charge in [0.1, 0.15) is 11.4 Å². The molecule has 0 saturated heterocycles. The van der Waals surface area contributed by atoms with Crippen molar-refractivity contribution in [1.29, 1.82) is 0 Å². The number of terminal acetylenes is 1. The first kappa shape index (κ1) is 19.6. The van der Waals surface area contributed by atoms with Crippen molar-refractivity contribution < 1.29 is 17.9 Å². The minimum atomic E-state index is -3.43. The quantitative estimate of drug-likeness (QED) is 0.709. The molecule has 158 valence electrons. The fourth-order valence-corrected chi connectivity index (χ4v) is 8.33. The molecule has 0 radical (unpaired) electrons. The summed E-state index contributed by atoms with van der Waals surface area (Å²) in [6, 6.07) is 0. The lowest BCUT2D eigenvalue weighted by atomic mass is 9.44. The average molecular weight is 418 g/mol. The smallest absolute Gasteiger partial charge is 0.315 e. The molecule has 3 unspecified atom stereocenters. The van der Waals surface area contributed by atoms with Gasteiger partial charge in [0.25, 0.3) is 0 Å². The minimum Gasteiger partial charge on any atom is -0.433 e. The van der Waals surface area contributed by atoms with Crippen LogP contribution in [0.2, 0.25) is 0 Å². The molecule has 29 heavy (non-hydrogen) atoms. The molecule has 0 amide bonds. The van der Waals surface area contributed by atoms with Crippen LogP contribution >= 0.6 is 0 Å².